The molecule has 0 radical (unpaired) electrons. The van der Waals surface area contributed by atoms with E-state index in [0.717, 1.165) is 18.1 Å². The van der Waals surface area contributed by atoms with Crippen molar-refractivity contribution in [3.63, 3.8) is 0 Å². The molecule has 1 aromatic heterocycles. The third-order valence-corrected chi connectivity index (χ3v) is 3.97. The Morgan fingerprint density at radius 2 is 1.63 bits per heavy atom. The summed E-state index contributed by atoms with van der Waals surface area (Å²) in [6.07, 6.45) is 2.12. The highest BCUT2D eigenvalue weighted by molar-refractivity contribution is 5.70. The molecule has 0 aliphatic heterocycles. The van der Waals surface area contributed by atoms with Gasteiger partial charge in [0.15, 0.2) is 0 Å². The second kappa shape index (κ2) is 5.17. The zero-order chi connectivity index (χ0) is 14.2. The molecule has 2 rings (SSSR count). The summed E-state index contributed by atoms with van der Waals surface area (Å²) in [6.45, 7) is 12.2. The summed E-state index contributed by atoms with van der Waals surface area (Å²) in [7, 11) is 0. The van der Waals surface area contributed by atoms with E-state index in [-0.39, 0.29) is 0 Å². The van der Waals surface area contributed by atoms with Gasteiger partial charge in [0.2, 0.25) is 0 Å². The van der Waals surface area contributed by atoms with Crippen molar-refractivity contribution in [2.24, 2.45) is 5.73 Å². The molecule has 102 valence electrons. The molecule has 0 saturated heterocycles. The van der Waals surface area contributed by atoms with Gasteiger partial charge in [0.25, 0.3) is 0 Å². The van der Waals surface area contributed by atoms with Crippen LogP contribution in [0.15, 0.2) is 12.3 Å². The predicted molar refractivity (Wildman–Crippen MR) is 80.4 cm³/mol. The maximum absolute atomic E-state index is 5.64. The molecular weight excluding hydrogens is 234 g/mol. The van der Waals surface area contributed by atoms with Crippen LogP contribution >= 0.6 is 0 Å². The van der Waals surface area contributed by atoms with Crippen molar-refractivity contribution >= 4 is 0 Å². The number of nitrogens with zero attached hydrogens (tertiary/aromatic N) is 2. The van der Waals surface area contributed by atoms with E-state index in [1.807, 2.05) is 6.92 Å². The van der Waals surface area contributed by atoms with E-state index < -0.39 is 0 Å². The van der Waals surface area contributed by atoms with Gasteiger partial charge in [0, 0.05) is 24.8 Å². The van der Waals surface area contributed by atoms with E-state index in [0.29, 0.717) is 6.54 Å². The third kappa shape index (κ3) is 2.43. The lowest BCUT2D eigenvalue weighted by Crippen LogP contribution is -2.10. The molecule has 3 nitrogen and oxygen atoms in total. The minimum Gasteiger partial charge on any atom is -0.333 e. The fourth-order valence-electron chi connectivity index (χ4n) is 2.60. The van der Waals surface area contributed by atoms with E-state index in [2.05, 4.69) is 44.5 Å². The molecule has 0 aliphatic rings. The van der Waals surface area contributed by atoms with Crippen LogP contribution in [0.3, 0.4) is 0 Å². The normalized spacial score (nSPS) is 11.1. The first-order chi connectivity index (χ1) is 8.95. The molecule has 0 unspecified atom stereocenters. The van der Waals surface area contributed by atoms with E-state index in [4.69, 9.17) is 10.7 Å². The fourth-order valence-corrected chi connectivity index (χ4v) is 2.60. The SMILES string of the molecule is Cc1cc(C)c(C)c(-c2cn(CCN)c(C)n2)c1C. The average Bonchev–Trinajstić information content (AvgIpc) is 2.69. The predicted octanol–water partition coefficient (Wildman–Crippen LogP) is 3.05. The molecule has 0 saturated carbocycles. The quantitative estimate of drug-likeness (QED) is 0.918. The van der Waals surface area contributed by atoms with Gasteiger partial charge in [0.1, 0.15) is 5.82 Å². The first-order valence-corrected chi connectivity index (χ1v) is 6.77. The number of benzene rings is 1. The Labute approximate surface area is 115 Å². The van der Waals surface area contributed by atoms with Crippen LogP contribution in [-0.2, 0) is 6.54 Å². The van der Waals surface area contributed by atoms with Gasteiger partial charge < -0.3 is 10.3 Å². The van der Waals surface area contributed by atoms with Crippen LogP contribution in [0.4, 0.5) is 0 Å². The molecule has 0 atom stereocenters. The van der Waals surface area contributed by atoms with Gasteiger partial charge in [-0.05, 0) is 56.9 Å². The van der Waals surface area contributed by atoms with Gasteiger partial charge >= 0.3 is 0 Å². The molecule has 0 bridgehead atoms. The van der Waals surface area contributed by atoms with Crippen molar-refractivity contribution in [3.05, 3.63) is 40.3 Å². The summed E-state index contributed by atoms with van der Waals surface area (Å²) in [5.41, 5.74) is 13.3. The van der Waals surface area contributed by atoms with Crippen LogP contribution in [0.1, 0.15) is 28.1 Å². The minimum atomic E-state index is 0.640. The highest BCUT2D eigenvalue weighted by Gasteiger charge is 2.14. The monoisotopic (exact) mass is 257 g/mol. The first kappa shape index (κ1) is 13.8. The molecule has 0 fully saturated rings. The highest BCUT2D eigenvalue weighted by Crippen LogP contribution is 2.30. The molecule has 19 heavy (non-hydrogen) atoms. The number of hydrogen-bond acceptors (Lipinski definition) is 2. The number of hydrogen-bond donors (Lipinski definition) is 1. The summed E-state index contributed by atoms with van der Waals surface area (Å²) >= 11 is 0. The molecule has 0 spiro atoms. The zero-order valence-corrected chi connectivity index (χ0v) is 12.5. The lowest BCUT2D eigenvalue weighted by Gasteiger charge is -2.13. The van der Waals surface area contributed by atoms with Crippen LogP contribution in [-0.4, -0.2) is 16.1 Å². The van der Waals surface area contributed by atoms with Crippen LogP contribution in [0.5, 0.6) is 0 Å². The lowest BCUT2D eigenvalue weighted by molar-refractivity contribution is 0.684. The molecule has 0 amide bonds. The second-order valence-corrected chi connectivity index (χ2v) is 5.29. The standard InChI is InChI=1S/C16H23N3/c1-10-8-11(2)13(4)16(12(10)3)15-9-19(7-6-17)14(5)18-15/h8-9H,6-7,17H2,1-5H3. The average molecular weight is 257 g/mol. The van der Waals surface area contributed by atoms with Gasteiger partial charge in [-0.2, -0.15) is 0 Å². The summed E-state index contributed by atoms with van der Waals surface area (Å²) < 4.78 is 2.13. The minimum absolute atomic E-state index is 0.640. The highest BCUT2D eigenvalue weighted by atomic mass is 15.1. The Kier molecular flexibility index (Phi) is 3.76. The van der Waals surface area contributed by atoms with E-state index in [1.165, 1.54) is 27.8 Å². The summed E-state index contributed by atoms with van der Waals surface area (Å²) in [5, 5.41) is 0. The van der Waals surface area contributed by atoms with Crippen molar-refractivity contribution < 1.29 is 0 Å². The van der Waals surface area contributed by atoms with Gasteiger partial charge in [0.05, 0.1) is 5.69 Å². The molecule has 3 heteroatoms. The van der Waals surface area contributed by atoms with Crippen LogP contribution in [0.2, 0.25) is 0 Å². The maximum atomic E-state index is 5.64. The number of aromatic nitrogens is 2. The second-order valence-electron chi connectivity index (χ2n) is 5.29. The van der Waals surface area contributed by atoms with Crippen LogP contribution < -0.4 is 5.73 Å². The lowest BCUT2D eigenvalue weighted by atomic mass is 9.93. The molecule has 1 aromatic carbocycles. The molecule has 2 N–H and O–H groups in total. The summed E-state index contributed by atoms with van der Waals surface area (Å²) in [5.74, 6) is 1.03. The Bertz CT molecular complexity index is 583. The number of nitrogens with two attached hydrogens (primary N) is 1. The first-order valence-electron chi connectivity index (χ1n) is 6.77. The molecule has 1 heterocycles. The largest absolute Gasteiger partial charge is 0.333 e. The molecule has 0 aliphatic carbocycles. The zero-order valence-electron chi connectivity index (χ0n) is 12.5. The molecular formula is C16H23N3. The number of imidazole rings is 1. The molecule has 2 aromatic rings. The van der Waals surface area contributed by atoms with Crippen LogP contribution in [0.25, 0.3) is 11.3 Å². The summed E-state index contributed by atoms with van der Waals surface area (Å²) in [6, 6.07) is 2.25. The number of aryl methyl sites for hydroxylation is 3. The van der Waals surface area contributed by atoms with Crippen LogP contribution in [0, 0.1) is 34.6 Å². The van der Waals surface area contributed by atoms with Crippen molar-refractivity contribution in [1.82, 2.24) is 9.55 Å². The van der Waals surface area contributed by atoms with Gasteiger partial charge in [-0.15, -0.1) is 0 Å². The Hall–Kier alpha value is -1.61. The van der Waals surface area contributed by atoms with E-state index >= 15 is 0 Å². The third-order valence-electron chi connectivity index (χ3n) is 3.97. The Morgan fingerprint density at radius 1 is 1.05 bits per heavy atom. The summed E-state index contributed by atoms with van der Waals surface area (Å²) in [4.78, 5) is 4.71. The van der Waals surface area contributed by atoms with Crippen molar-refractivity contribution in [2.75, 3.05) is 6.54 Å². The Balaban J connectivity index is 2.62. The van der Waals surface area contributed by atoms with Gasteiger partial charge in [-0.1, -0.05) is 6.07 Å². The van der Waals surface area contributed by atoms with Gasteiger partial charge in [-0.3, -0.25) is 0 Å². The van der Waals surface area contributed by atoms with Crippen molar-refractivity contribution in [2.45, 2.75) is 41.2 Å². The number of rotatable bonds is 3. The maximum Gasteiger partial charge on any atom is 0.106 e. The Morgan fingerprint density at radius 3 is 2.16 bits per heavy atom. The topological polar surface area (TPSA) is 43.8 Å². The van der Waals surface area contributed by atoms with E-state index in [9.17, 15) is 0 Å². The van der Waals surface area contributed by atoms with Crippen molar-refractivity contribution in [1.29, 1.82) is 0 Å². The van der Waals surface area contributed by atoms with Crippen molar-refractivity contribution in [3.8, 4) is 11.3 Å². The van der Waals surface area contributed by atoms with E-state index in [1.54, 1.807) is 0 Å². The smallest absolute Gasteiger partial charge is 0.106 e. The fraction of sp³-hybridized carbons (Fsp3) is 0.438. The van der Waals surface area contributed by atoms with Gasteiger partial charge in [-0.25, -0.2) is 4.98 Å².